The molecule has 2 nitrogen and oxygen atoms in total. The molecule has 4 fully saturated rings. The molecule has 0 aromatic heterocycles. The van der Waals surface area contributed by atoms with E-state index in [1.807, 2.05) is 0 Å². The van der Waals surface area contributed by atoms with E-state index in [1.165, 1.54) is 21.0 Å². The van der Waals surface area contributed by atoms with Crippen LogP contribution in [0.2, 0.25) is 21.0 Å². The summed E-state index contributed by atoms with van der Waals surface area (Å²) in [7, 11) is 0. The summed E-state index contributed by atoms with van der Waals surface area (Å²) in [5.41, 5.74) is 0.709. The van der Waals surface area contributed by atoms with Gasteiger partial charge < -0.3 is 0 Å². The molecule has 4 heterocycles. The first-order chi connectivity index (χ1) is 6.04. The number of hydrogen-bond donors (Lipinski definition) is 0. The summed E-state index contributed by atoms with van der Waals surface area (Å²) in [6.07, 6.45) is 1.35. The molecule has 3 heteroatoms. The van der Waals surface area contributed by atoms with Crippen LogP contribution in [-0.4, -0.2) is 36.7 Å². The van der Waals surface area contributed by atoms with Crippen molar-refractivity contribution in [2.24, 2.45) is 0 Å². The molecule has 72 valence electrons. The second kappa shape index (κ2) is 1.76. The van der Waals surface area contributed by atoms with Crippen molar-refractivity contribution in [1.29, 1.82) is 0 Å². The van der Waals surface area contributed by atoms with Crippen molar-refractivity contribution in [3.05, 3.63) is 0 Å². The average molecular weight is 241 g/mol. The molecular formula is C10H16GeO2. The molecule has 4 atom stereocenters. The summed E-state index contributed by atoms with van der Waals surface area (Å²) in [6.45, 7) is 4.65. The first kappa shape index (κ1) is 7.72. The molecular weight excluding hydrogens is 225 g/mol. The summed E-state index contributed by atoms with van der Waals surface area (Å²) in [5, 5.41) is 5.94. The molecule has 4 aliphatic heterocycles. The van der Waals surface area contributed by atoms with Gasteiger partial charge in [0.2, 0.25) is 0 Å². The van der Waals surface area contributed by atoms with Gasteiger partial charge in [-0.1, -0.05) is 0 Å². The van der Waals surface area contributed by atoms with E-state index >= 15 is 0 Å². The fourth-order valence-electron chi connectivity index (χ4n) is 4.12. The van der Waals surface area contributed by atoms with E-state index in [2.05, 4.69) is 13.8 Å². The third-order valence-corrected chi connectivity index (χ3v) is 16.0. The quantitative estimate of drug-likeness (QED) is 0.477. The zero-order valence-electron chi connectivity index (χ0n) is 8.30. The second-order valence-electron chi connectivity index (χ2n) is 6.10. The van der Waals surface area contributed by atoms with E-state index in [0.29, 0.717) is 23.4 Å². The standard InChI is InChI=1S/C10H16GeO2/c1-9-5-11(3-7(9)12-9)4-8-10(2,6-11)13-8/h7-8H,3-6H2,1-2H3. The zero-order chi connectivity index (χ0) is 8.90. The number of hydrogen-bond acceptors (Lipinski definition) is 2. The molecule has 0 amide bonds. The Morgan fingerprint density at radius 2 is 1.46 bits per heavy atom. The van der Waals surface area contributed by atoms with Crippen LogP contribution in [0.1, 0.15) is 13.8 Å². The van der Waals surface area contributed by atoms with Crippen LogP contribution in [0.3, 0.4) is 0 Å². The van der Waals surface area contributed by atoms with Crippen LogP contribution in [0.25, 0.3) is 0 Å². The van der Waals surface area contributed by atoms with Crippen molar-refractivity contribution in [2.75, 3.05) is 0 Å². The van der Waals surface area contributed by atoms with Gasteiger partial charge in [0.25, 0.3) is 0 Å². The maximum absolute atomic E-state index is 5.72. The third kappa shape index (κ3) is 0.833. The molecule has 0 aliphatic carbocycles. The van der Waals surface area contributed by atoms with Gasteiger partial charge in [0.15, 0.2) is 0 Å². The molecule has 4 rings (SSSR count). The van der Waals surface area contributed by atoms with Gasteiger partial charge in [-0.3, -0.25) is 0 Å². The molecule has 0 saturated carbocycles. The van der Waals surface area contributed by atoms with Crippen molar-refractivity contribution in [3.63, 3.8) is 0 Å². The fraction of sp³-hybridized carbons (Fsp3) is 1.00. The Kier molecular flexibility index (Phi) is 1.05. The molecule has 0 radical (unpaired) electrons. The maximum atomic E-state index is 5.72. The van der Waals surface area contributed by atoms with Crippen LogP contribution in [0.4, 0.5) is 0 Å². The minimum atomic E-state index is -1.41. The Morgan fingerprint density at radius 1 is 1.00 bits per heavy atom. The Labute approximate surface area is 81.3 Å². The van der Waals surface area contributed by atoms with E-state index in [-0.39, 0.29) is 0 Å². The fourth-order valence-corrected chi connectivity index (χ4v) is 19.0. The molecule has 4 aliphatic rings. The summed E-state index contributed by atoms with van der Waals surface area (Å²) >= 11 is -1.41. The van der Waals surface area contributed by atoms with E-state index in [9.17, 15) is 0 Å². The first-order valence-corrected chi connectivity index (χ1v) is 11.3. The summed E-state index contributed by atoms with van der Waals surface area (Å²) in [4.78, 5) is 0. The molecule has 4 saturated heterocycles. The monoisotopic (exact) mass is 242 g/mol. The van der Waals surface area contributed by atoms with E-state index < -0.39 is 13.3 Å². The minimum absolute atomic E-state index is 0.354. The Balaban J connectivity index is 1.63. The van der Waals surface area contributed by atoms with Crippen molar-refractivity contribution < 1.29 is 9.47 Å². The molecule has 1 spiro atoms. The van der Waals surface area contributed by atoms with Crippen molar-refractivity contribution in [2.45, 2.75) is 58.3 Å². The SMILES string of the molecule is CC12[CH2][Ge]3([CH2]C1O2)[CH2]C1OC1(C)[CH2]3. The number of rotatable bonds is 0. The molecule has 0 bridgehead atoms. The Bertz CT molecular complexity index is 275. The summed E-state index contributed by atoms with van der Waals surface area (Å²) in [5.74, 6) is 0. The van der Waals surface area contributed by atoms with Crippen LogP contribution in [0.15, 0.2) is 0 Å². The summed E-state index contributed by atoms with van der Waals surface area (Å²) < 4.78 is 11.4. The number of epoxide rings is 2. The predicted molar refractivity (Wildman–Crippen MR) is 51.5 cm³/mol. The normalized spacial score (nSPS) is 72.5. The Hall–Kier alpha value is 0.463. The van der Waals surface area contributed by atoms with Gasteiger partial charge in [-0.25, -0.2) is 0 Å². The van der Waals surface area contributed by atoms with Crippen LogP contribution in [0.5, 0.6) is 0 Å². The average Bonchev–Trinajstić information content (AvgIpc) is 2.68. The van der Waals surface area contributed by atoms with Gasteiger partial charge in [0.1, 0.15) is 0 Å². The van der Waals surface area contributed by atoms with Crippen LogP contribution in [-0.2, 0) is 9.47 Å². The second-order valence-corrected chi connectivity index (χ2v) is 15.6. The van der Waals surface area contributed by atoms with Gasteiger partial charge >= 0.3 is 81.0 Å². The van der Waals surface area contributed by atoms with Crippen LogP contribution in [0, 0.1) is 0 Å². The van der Waals surface area contributed by atoms with Gasteiger partial charge in [0.05, 0.1) is 0 Å². The van der Waals surface area contributed by atoms with Gasteiger partial charge in [0, 0.05) is 0 Å². The van der Waals surface area contributed by atoms with Gasteiger partial charge in [-0.15, -0.1) is 0 Å². The van der Waals surface area contributed by atoms with Crippen molar-refractivity contribution >= 4 is 13.3 Å². The van der Waals surface area contributed by atoms with E-state index in [1.54, 1.807) is 0 Å². The van der Waals surface area contributed by atoms with Crippen LogP contribution >= 0.6 is 0 Å². The van der Waals surface area contributed by atoms with E-state index in [0.717, 1.165) is 0 Å². The Morgan fingerprint density at radius 3 is 1.77 bits per heavy atom. The third-order valence-electron chi connectivity index (χ3n) is 4.76. The predicted octanol–water partition coefficient (Wildman–Crippen LogP) is 1.78. The number of fused-ring (bicyclic) bond motifs is 2. The molecule has 0 N–H and O–H groups in total. The molecule has 13 heavy (non-hydrogen) atoms. The molecule has 0 aromatic rings. The number of ether oxygens (including phenoxy) is 2. The van der Waals surface area contributed by atoms with Crippen LogP contribution < -0.4 is 0 Å². The van der Waals surface area contributed by atoms with Crippen molar-refractivity contribution in [1.82, 2.24) is 0 Å². The molecule has 4 unspecified atom stereocenters. The first-order valence-electron chi connectivity index (χ1n) is 5.39. The summed E-state index contributed by atoms with van der Waals surface area (Å²) in [6, 6.07) is 0. The molecule has 0 aromatic carbocycles. The van der Waals surface area contributed by atoms with E-state index in [4.69, 9.17) is 9.47 Å². The zero-order valence-corrected chi connectivity index (χ0v) is 10.4. The van der Waals surface area contributed by atoms with Gasteiger partial charge in [-0.05, 0) is 0 Å². The topological polar surface area (TPSA) is 25.1 Å². The van der Waals surface area contributed by atoms with Crippen molar-refractivity contribution in [3.8, 4) is 0 Å². The van der Waals surface area contributed by atoms with Gasteiger partial charge in [-0.2, -0.15) is 0 Å².